The monoisotopic (exact) mass is 439 g/mol. The van der Waals surface area contributed by atoms with Crippen LogP contribution < -0.4 is 0 Å². The molecule has 9 heteroatoms. The molecule has 0 spiro atoms. The lowest BCUT2D eigenvalue weighted by molar-refractivity contribution is -0.385. The van der Waals surface area contributed by atoms with E-state index in [9.17, 15) is 24.5 Å². The summed E-state index contributed by atoms with van der Waals surface area (Å²) in [5, 5.41) is 13.5. The first kappa shape index (κ1) is 20.7. The molecular weight excluding hydrogens is 422 g/mol. The molecule has 1 aliphatic heterocycles. The Hall–Kier alpha value is -3.52. The second-order valence-corrected chi connectivity index (χ2v) is 7.78. The van der Waals surface area contributed by atoms with E-state index in [1.165, 1.54) is 30.3 Å². The lowest BCUT2D eigenvalue weighted by Gasteiger charge is -2.30. The maximum atomic E-state index is 13.4. The molecule has 0 saturated carbocycles. The van der Waals surface area contributed by atoms with Crippen LogP contribution in [-0.4, -0.2) is 32.7 Å². The van der Waals surface area contributed by atoms with Crippen LogP contribution in [0.1, 0.15) is 28.8 Å². The molecule has 2 aromatic carbocycles. The quantitative estimate of drug-likeness (QED) is 0.305. The molecule has 1 aliphatic carbocycles. The molecule has 3 amide bonds. The van der Waals surface area contributed by atoms with E-state index >= 15 is 0 Å². The average Bonchev–Trinajstić information content (AvgIpc) is 3.02. The molecule has 2 aliphatic rings. The number of imide groups is 1. The summed E-state index contributed by atoms with van der Waals surface area (Å²) in [5.41, 5.74) is 0.0792. The molecule has 2 atom stereocenters. The minimum Gasteiger partial charge on any atom is -0.272 e. The fourth-order valence-electron chi connectivity index (χ4n) is 4.01. The number of allylic oxidation sites excluding steroid dienone is 2. The Balaban J connectivity index is 1.78. The van der Waals surface area contributed by atoms with Crippen LogP contribution in [0, 0.1) is 22.0 Å². The van der Waals surface area contributed by atoms with Crippen molar-refractivity contribution >= 4 is 35.0 Å². The first-order chi connectivity index (χ1) is 14.9. The molecule has 1 heterocycles. The third-order valence-corrected chi connectivity index (χ3v) is 5.90. The normalized spacial score (nSPS) is 20.0. The molecular formula is C22H18ClN3O5. The maximum Gasteiger partial charge on any atom is 0.274 e. The van der Waals surface area contributed by atoms with Crippen LogP contribution in [-0.2, 0) is 16.1 Å². The van der Waals surface area contributed by atoms with Crippen LogP contribution in [0.5, 0.6) is 0 Å². The van der Waals surface area contributed by atoms with Gasteiger partial charge in [-0.05, 0) is 25.0 Å². The zero-order chi connectivity index (χ0) is 22.1. The number of nitro groups is 1. The van der Waals surface area contributed by atoms with Crippen LogP contribution in [0.4, 0.5) is 5.69 Å². The van der Waals surface area contributed by atoms with E-state index < -0.39 is 34.5 Å². The number of benzene rings is 2. The number of para-hydroxylation sites is 1. The van der Waals surface area contributed by atoms with Crippen LogP contribution in [0.15, 0.2) is 60.7 Å². The van der Waals surface area contributed by atoms with E-state index in [1.807, 2.05) is 12.2 Å². The predicted octanol–water partition coefficient (Wildman–Crippen LogP) is 3.76. The summed E-state index contributed by atoms with van der Waals surface area (Å²) >= 11 is 6.20. The van der Waals surface area contributed by atoms with Crippen LogP contribution >= 0.6 is 11.6 Å². The molecule has 2 aromatic rings. The Bertz CT molecular complexity index is 1090. The number of nitrogens with zero attached hydrogens (tertiary/aromatic N) is 3. The van der Waals surface area contributed by atoms with Crippen molar-refractivity contribution < 1.29 is 19.3 Å². The number of carbonyl (C=O) groups excluding carboxylic acids is 3. The van der Waals surface area contributed by atoms with E-state index in [1.54, 1.807) is 18.2 Å². The van der Waals surface area contributed by atoms with Crippen molar-refractivity contribution in [3.05, 3.63) is 86.9 Å². The lowest BCUT2D eigenvalue weighted by atomic mass is 9.85. The van der Waals surface area contributed by atoms with E-state index in [0.29, 0.717) is 12.8 Å². The fourth-order valence-corrected chi connectivity index (χ4v) is 4.23. The zero-order valence-electron chi connectivity index (χ0n) is 16.3. The molecule has 31 heavy (non-hydrogen) atoms. The van der Waals surface area contributed by atoms with E-state index in [4.69, 9.17) is 11.6 Å². The van der Waals surface area contributed by atoms with Gasteiger partial charge >= 0.3 is 0 Å². The van der Waals surface area contributed by atoms with Gasteiger partial charge in [0.05, 0.1) is 39.5 Å². The van der Waals surface area contributed by atoms with Gasteiger partial charge in [-0.25, -0.2) is 5.01 Å². The van der Waals surface area contributed by atoms with Gasteiger partial charge < -0.3 is 0 Å². The van der Waals surface area contributed by atoms with Gasteiger partial charge in [-0.3, -0.25) is 24.5 Å². The number of hydrogen-bond donors (Lipinski definition) is 0. The topological polar surface area (TPSA) is 101 Å². The largest absolute Gasteiger partial charge is 0.274 e. The highest BCUT2D eigenvalue weighted by molar-refractivity contribution is 6.33. The Labute approximate surface area is 182 Å². The maximum absolute atomic E-state index is 13.4. The van der Waals surface area contributed by atoms with Gasteiger partial charge in [0.15, 0.2) is 0 Å². The Morgan fingerprint density at radius 1 is 1.03 bits per heavy atom. The first-order valence-corrected chi connectivity index (χ1v) is 10.1. The van der Waals surface area contributed by atoms with E-state index in [-0.39, 0.29) is 28.4 Å². The minimum atomic E-state index is -0.683. The van der Waals surface area contributed by atoms with Crippen LogP contribution in [0.3, 0.4) is 0 Å². The van der Waals surface area contributed by atoms with E-state index in [2.05, 4.69) is 0 Å². The first-order valence-electron chi connectivity index (χ1n) is 9.71. The van der Waals surface area contributed by atoms with Gasteiger partial charge in [-0.1, -0.05) is 54.1 Å². The highest BCUT2D eigenvalue weighted by Crippen LogP contribution is 2.37. The van der Waals surface area contributed by atoms with Gasteiger partial charge in [-0.15, -0.1) is 0 Å². The highest BCUT2D eigenvalue weighted by Gasteiger charge is 2.51. The van der Waals surface area contributed by atoms with Crippen molar-refractivity contribution in [2.45, 2.75) is 19.4 Å². The van der Waals surface area contributed by atoms with Gasteiger partial charge in [0.1, 0.15) is 0 Å². The number of nitro benzene ring substituents is 1. The average molecular weight is 440 g/mol. The highest BCUT2D eigenvalue weighted by atomic mass is 35.5. The second-order valence-electron chi connectivity index (χ2n) is 7.37. The summed E-state index contributed by atoms with van der Waals surface area (Å²) in [5.74, 6) is -2.76. The summed E-state index contributed by atoms with van der Waals surface area (Å²) in [4.78, 5) is 50.6. The molecule has 1 saturated heterocycles. The SMILES string of the molecule is O=C(c1ccccc1Cl)N(Cc1ccccc1[N+](=O)[O-])N1C(=O)[C@H]2CC=CC[C@@H]2C1=O. The molecule has 1 fully saturated rings. The molecule has 0 aromatic heterocycles. The van der Waals surface area contributed by atoms with Crippen molar-refractivity contribution in [3.8, 4) is 0 Å². The lowest BCUT2D eigenvalue weighted by Crippen LogP contribution is -2.50. The summed E-state index contributed by atoms with van der Waals surface area (Å²) in [6.07, 6.45) is 4.51. The van der Waals surface area contributed by atoms with Crippen molar-refractivity contribution in [2.75, 3.05) is 0 Å². The van der Waals surface area contributed by atoms with Crippen molar-refractivity contribution in [3.63, 3.8) is 0 Å². The van der Waals surface area contributed by atoms with Crippen LogP contribution in [0.25, 0.3) is 0 Å². The number of carbonyl (C=O) groups is 3. The molecule has 0 unspecified atom stereocenters. The standard InChI is InChI=1S/C22H18ClN3O5/c23-18-11-5-4-10-17(18)20(27)24(13-14-7-1-6-12-19(14)26(30)31)25-21(28)15-8-2-3-9-16(15)22(25)29/h1-7,10-12,15-16H,8-9,13H2/t15-,16-/m0/s1. The molecule has 0 bridgehead atoms. The molecule has 0 N–H and O–H groups in total. The number of amides is 3. The van der Waals surface area contributed by atoms with Gasteiger partial charge in [-0.2, -0.15) is 5.01 Å². The zero-order valence-corrected chi connectivity index (χ0v) is 17.1. The molecule has 158 valence electrons. The molecule has 0 radical (unpaired) electrons. The summed E-state index contributed by atoms with van der Waals surface area (Å²) < 4.78 is 0. The summed E-state index contributed by atoms with van der Waals surface area (Å²) in [7, 11) is 0. The summed E-state index contributed by atoms with van der Waals surface area (Å²) in [6, 6.07) is 12.2. The third kappa shape index (κ3) is 3.70. The summed E-state index contributed by atoms with van der Waals surface area (Å²) in [6.45, 7) is -0.328. The Morgan fingerprint density at radius 3 is 2.23 bits per heavy atom. The predicted molar refractivity (Wildman–Crippen MR) is 112 cm³/mol. The van der Waals surface area contributed by atoms with Crippen molar-refractivity contribution in [2.24, 2.45) is 11.8 Å². The Morgan fingerprint density at radius 2 is 1.61 bits per heavy atom. The molecule has 8 nitrogen and oxygen atoms in total. The number of hydrogen-bond acceptors (Lipinski definition) is 5. The smallest absolute Gasteiger partial charge is 0.272 e. The molecule has 4 rings (SSSR count). The number of fused-ring (bicyclic) bond motifs is 1. The Kier molecular flexibility index (Phi) is 5.56. The minimum absolute atomic E-state index is 0.0938. The number of hydrazine groups is 1. The van der Waals surface area contributed by atoms with Crippen LogP contribution in [0.2, 0.25) is 5.02 Å². The fraction of sp³-hybridized carbons (Fsp3) is 0.227. The van der Waals surface area contributed by atoms with Gasteiger partial charge in [0, 0.05) is 6.07 Å². The van der Waals surface area contributed by atoms with Gasteiger partial charge in [0.2, 0.25) is 0 Å². The van der Waals surface area contributed by atoms with Crippen molar-refractivity contribution in [1.82, 2.24) is 10.0 Å². The second kappa shape index (κ2) is 8.31. The number of halogens is 1. The third-order valence-electron chi connectivity index (χ3n) is 5.57. The van der Waals surface area contributed by atoms with E-state index in [0.717, 1.165) is 10.0 Å². The van der Waals surface area contributed by atoms with Crippen molar-refractivity contribution in [1.29, 1.82) is 0 Å². The van der Waals surface area contributed by atoms with Gasteiger partial charge in [0.25, 0.3) is 23.4 Å². The number of rotatable bonds is 5.